The van der Waals surface area contributed by atoms with Crippen molar-refractivity contribution in [1.29, 1.82) is 0 Å². The highest BCUT2D eigenvalue weighted by Crippen LogP contribution is 2.49. The first-order valence-electron chi connectivity index (χ1n) is 11.1. The van der Waals surface area contributed by atoms with Gasteiger partial charge in [-0.15, -0.1) is 0 Å². The summed E-state index contributed by atoms with van der Waals surface area (Å²) in [5.41, 5.74) is 5.17. The van der Waals surface area contributed by atoms with Crippen LogP contribution in [0.5, 0.6) is 5.75 Å². The zero-order chi connectivity index (χ0) is 23.1. The average Bonchev–Trinajstić information content (AvgIpc) is 2.78. The minimum Gasteiger partial charge on any atom is -0.487 e. The first-order chi connectivity index (χ1) is 15.9. The van der Waals surface area contributed by atoms with Crippen molar-refractivity contribution in [2.75, 3.05) is 0 Å². The maximum Gasteiger partial charge on any atom is 0.161 e. The molecule has 0 radical (unpaired) electrons. The summed E-state index contributed by atoms with van der Waals surface area (Å²) < 4.78 is 7.97. The summed E-state index contributed by atoms with van der Waals surface area (Å²) in [4.78, 5) is 26.4. The molecule has 0 aromatic heterocycles. The smallest absolute Gasteiger partial charge is 0.161 e. The molecular weight excluding hydrogens is 570 g/mol. The zero-order valence-corrected chi connectivity index (χ0v) is 21.8. The standard InChI is InChI=1S/C26H22Br2ClNO3/c27-15-11-17(26(18(28)12-15)33-13-14-7-9-16(29)10-8-14)23-24-19(3-1-5-21(24)31)30-20-4-2-6-22(32)25(20)23/h7-12,23,30H,1-6,13H2. The van der Waals surface area contributed by atoms with Gasteiger partial charge >= 0.3 is 0 Å². The van der Waals surface area contributed by atoms with Gasteiger partial charge in [-0.05, 0) is 71.4 Å². The summed E-state index contributed by atoms with van der Waals surface area (Å²) in [7, 11) is 0. The minimum absolute atomic E-state index is 0.110. The lowest BCUT2D eigenvalue weighted by Gasteiger charge is -2.37. The third kappa shape index (κ3) is 4.45. The molecule has 1 N–H and O–H groups in total. The van der Waals surface area contributed by atoms with Crippen LogP contribution in [0.15, 0.2) is 67.9 Å². The number of allylic oxidation sites excluding steroid dienone is 4. The van der Waals surface area contributed by atoms with Crippen molar-refractivity contribution in [2.24, 2.45) is 0 Å². The summed E-state index contributed by atoms with van der Waals surface area (Å²) in [6.07, 6.45) is 4.30. The fraction of sp³-hybridized carbons (Fsp3) is 0.308. The number of dihydropyridines is 1. The number of hydrogen-bond donors (Lipinski definition) is 1. The number of ether oxygens (including phenoxy) is 1. The largest absolute Gasteiger partial charge is 0.487 e. The summed E-state index contributed by atoms with van der Waals surface area (Å²) >= 11 is 13.3. The predicted molar refractivity (Wildman–Crippen MR) is 135 cm³/mol. The van der Waals surface area contributed by atoms with E-state index in [4.69, 9.17) is 16.3 Å². The molecule has 3 aliphatic rings. The highest BCUT2D eigenvalue weighted by Gasteiger charge is 2.41. The van der Waals surface area contributed by atoms with Crippen LogP contribution in [-0.4, -0.2) is 11.6 Å². The van der Waals surface area contributed by atoms with E-state index in [1.807, 2.05) is 36.4 Å². The molecule has 5 rings (SSSR count). The lowest BCUT2D eigenvalue weighted by atomic mass is 9.71. The molecular formula is C26H22Br2ClNO3. The fourth-order valence-corrected chi connectivity index (χ4v) is 6.48. The van der Waals surface area contributed by atoms with Crippen molar-refractivity contribution in [3.8, 4) is 5.75 Å². The van der Waals surface area contributed by atoms with Crippen LogP contribution >= 0.6 is 43.5 Å². The van der Waals surface area contributed by atoms with Gasteiger partial charge in [0, 0.05) is 56.4 Å². The van der Waals surface area contributed by atoms with Gasteiger partial charge in [0.05, 0.1) is 4.47 Å². The van der Waals surface area contributed by atoms with Gasteiger partial charge in [0.2, 0.25) is 0 Å². The van der Waals surface area contributed by atoms with E-state index in [1.165, 1.54) is 0 Å². The molecule has 170 valence electrons. The van der Waals surface area contributed by atoms with E-state index in [1.54, 1.807) is 0 Å². The molecule has 7 heteroatoms. The zero-order valence-electron chi connectivity index (χ0n) is 17.8. The average molecular weight is 592 g/mol. The molecule has 0 spiro atoms. The Morgan fingerprint density at radius 2 is 1.52 bits per heavy atom. The molecule has 1 heterocycles. The topological polar surface area (TPSA) is 55.4 Å². The first kappa shape index (κ1) is 22.9. The fourth-order valence-electron chi connectivity index (χ4n) is 4.98. The molecule has 2 aromatic carbocycles. The van der Waals surface area contributed by atoms with Gasteiger partial charge in [-0.25, -0.2) is 0 Å². The van der Waals surface area contributed by atoms with Crippen molar-refractivity contribution in [2.45, 2.75) is 51.0 Å². The summed E-state index contributed by atoms with van der Waals surface area (Å²) in [6.45, 7) is 0.342. The van der Waals surface area contributed by atoms with Crippen molar-refractivity contribution in [3.05, 3.63) is 84.0 Å². The van der Waals surface area contributed by atoms with Crippen molar-refractivity contribution in [1.82, 2.24) is 5.32 Å². The number of carbonyl (C=O) groups excluding carboxylic acids is 2. The van der Waals surface area contributed by atoms with Crippen LogP contribution in [0.2, 0.25) is 5.02 Å². The second-order valence-electron chi connectivity index (χ2n) is 8.62. The maximum atomic E-state index is 13.2. The van der Waals surface area contributed by atoms with E-state index in [2.05, 4.69) is 37.2 Å². The Bertz CT molecular complexity index is 1170. The molecule has 0 atom stereocenters. The molecule has 0 amide bonds. The lowest BCUT2D eigenvalue weighted by Crippen LogP contribution is -2.36. The predicted octanol–water partition coefficient (Wildman–Crippen LogP) is 7.15. The highest BCUT2D eigenvalue weighted by atomic mass is 79.9. The van der Waals surface area contributed by atoms with Crippen molar-refractivity contribution < 1.29 is 14.3 Å². The van der Waals surface area contributed by atoms with Crippen LogP contribution in [0.25, 0.3) is 0 Å². The van der Waals surface area contributed by atoms with Crippen LogP contribution in [0.1, 0.15) is 55.6 Å². The van der Waals surface area contributed by atoms with E-state index in [9.17, 15) is 9.59 Å². The van der Waals surface area contributed by atoms with Gasteiger partial charge in [0.1, 0.15) is 12.4 Å². The number of ketones is 2. The number of hydrogen-bond acceptors (Lipinski definition) is 4. The van der Waals surface area contributed by atoms with Crippen molar-refractivity contribution >= 4 is 55.0 Å². The monoisotopic (exact) mass is 589 g/mol. The summed E-state index contributed by atoms with van der Waals surface area (Å²) in [5.74, 6) is 0.443. The Labute approximate surface area is 214 Å². The van der Waals surface area contributed by atoms with Crippen LogP contribution in [-0.2, 0) is 16.2 Å². The summed E-state index contributed by atoms with van der Waals surface area (Å²) in [5, 5.41) is 4.14. The summed E-state index contributed by atoms with van der Waals surface area (Å²) in [6, 6.07) is 11.4. The normalized spacial score (nSPS) is 18.8. The molecule has 2 aromatic rings. The van der Waals surface area contributed by atoms with Crippen LogP contribution < -0.4 is 10.1 Å². The third-order valence-corrected chi connectivity index (χ3v) is 7.73. The van der Waals surface area contributed by atoms with Gasteiger partial charge in [0.15, 0.2) is 11.6 Å². The van der Waals surface area contributed by atoms with Gasteiger partial charge in [0.25, 0.3) is 0 Å². The second-order valence-corrected chi connectivity index (χ2v) is 10.8. The van der Waals surface area contributed by atoms with Crippen LogP contribution in [0, 0.1) is 0 Å². The second kappa shape index (κ2) is 9.40. The number of Topliss-reactive ketones (excluding diaryl/α,β-unsaturated/α-hetero) is 2. The van der Waals surface area contributed by atoms with Gasteiger partial charge < -0.3 is 10.1 Å². The first-order valence-corrected chi connectivity index (χ1v) is 13.0. The molecule has 0 unspecified atom stereocenters. The number of benzene rings is 2. The number of carbonyl (C=O) groups is 2. The maximum absolute atomic E-state index is 13.2. The Hall–Kier alpha value is -1.89. The molecule has 2 aliphatic carbocycles. The van der Waals surface area contributed by atoms with E-state index in [0.717, 1.165) is 68.3 Å². The quantitative estimate of drug-likeness (QED) is 0.411. The minimum atomic E-state index is -0.425. The van der Waals surface area contributed by atoms with Crippen LogP contribution in [0.3, 0.4) is 0 Å². The van der Waals surface area contributed by atoms with Crippen LogP contribution in [0.4, 0.5) is 0 Å². The third-order valence-electron chi connectivity index (χ3n) is 6.44. The van der Waals surface area contributed by atoms with E-state index >= 15 is 0 Å². The molecule has 4 nitrogen and oxygen atoms in total. The Morgan fingerprint density at radius 1 is 0.909 bits per heavy atom. The van der Waals surface area contributed by atoms with Gasteiger partial charge in [-0.3, -0.25) is 9.59 Å². The van der Waals surface area contributed by atoms with E-state index < -0.39 is 5.92 Å². The van der Waals surface area contributed by atoms with Crippen molar-refractivity contribution in [3.63, 3.8) is 0 Å². The SMILES string of the molecule is O=C1CCCC2=C1C(c1cc(Br)cc(Br)c1OCc1ccc(Cl)cc1)C1=C(CCCC1=O)N2. The lowest BCUT2D eigenvalue weighted by molar-refractivity contribution is -0.116. The Morgan fingerprint density at radius 3 is 2.12 bits per heavy atom. The van der Waals surface area contributed by atoms with Gasteiger partial charge in [-0.2, -0.15) is 0 Å². The number of nitrogens with one attached hydrogen (secondary N) is 1. The Balaban J connectivity index is 1.63. The van der Waals surface area contributed by atoms with Gasteiger partial charge in [-0.1, -0.05) is 39.7 Å². The van der Waals surface area contributed by atoms with E-state index in [-0.39, 0.29) is 11.6 Å². The van der Waals surface area contributed by atoms with E-state index in [0.29, 0.717) is 30.2 Å². The molecule has 1 aliphatic heterocycles. The molecule has 0 fully saturated rings. The number of rotatable bonds is 4. The Kier molecular flexibility index (Phi) is 6.51. The number of halogens is 3. The highest BCUT2D eigenvalue weighted by molar-refractivity contribution is 9.11. The molecule has 0 bridgehead atoms. The molecule has 0 saturated carbocycles. The molecule has 33 heavy (non-hydrogen) atoms. The molecule has 0 saturated heterocycles.